The van der Waals surface area contributed by atoms with E-state index < -0.39 is 6.10 Å². The standard InChI is InChI=1S/C20H23N3OS/c1-15-8-9-18(25-15)14-22-10-5-11-23-17(13-22)12-19(21-23)20(24)16-6-3-2-4-7-16/h2-4,6-9,12,20,24H,5,10-11,13-14H2,1H3. The fourth-order valence-corrected chi connectivity index (χ4v) is 4.35. The third kappa shape index (κ3) is 3.68. The summed E-state index contributed by atoms with van der Waals surface area (Å²) in [5.74, 6) is 0. The van der Waals surface area contributed by atoms with Crippen molar-refractivity contribution in [3.05, 3.63) is 75.2 Å². The summed E-state index contributed by atoms with van der Waals surface area (Å²) in [7, 11) is 0. The topological polar surface area (TPSA) is 41.3 Å². The van der Waals surface area contributed by atoms with Gasteiger partial charge < -0.3 is 5.11 Å². The Morgan fingerprint density at radius 1 is 1.16 bits per heavy atom. The number of aromatic nitrogens is 2. The first kappa shape index (κ1) is 16.5. The van der Waals surface area contributed by atoms with Crippen molar-refractivity contribution in [1.82, 2.24) is 14.7 Å². The highest BCUT2D eigenvalue weighted by Gasteiger charge is 2.21. The van der Waals surface area contributed by atoms with Crippen molar-refractivity contribution >= 4 is 11.3 Å². The minimum absolute atomic E-state index is 0.658. The molecule has 3 aromatic rings. The zero-order valence-corrected chi connectivity index (χ0v) is 15.2. The second-order valence-corrected chi connectivity index (χ2v) is 8.05. The summed E-state index contributed by atoms with van der Waals surface area (Å²) < 4.78 is 2.07. The van der Waals surface area contributed by atoms with Gasteiger partial charge in [0, 0.05) is 35.9 Å². The van der Waals surface area contributed by atoms with Crippen LogP contribution in [0.1, 0.15) is 39.2 Å². The van der Waals surface area contributed by atoms with Crippen molar-refractivity contribution in [1.29, 1.82) is 0 Å². The molecule has 1 aliphatic heterocycles. The summed E-state index contributed by atoms with van der Waals surface area (Å²) in [6.07, 6.45) is 0.425. The van der Waals surface area contributed by atoms with E-state index >= 15 is 0 Å². The van der Waals surface area contributed by atoms with Gasteiger partial charge in [0.15, 0.2) is 0 Å². The van der Waals surface area contributed by atoms with Crippen LogP contribution in [0.25, 0.3) is 0 Å². The van der Waals surface area contributed by atoms with E-state index in [9.17, 15) is 5.11 Å². The minimum atomic E-state index is -0.658. The smallest absolute Gasteiger partial charge is 0.123 e. The molecule has 1 aliphatic rings. The highest BCUT2D eigenvalue weighted by molar-refractivity contribution is 7.11. The molecule has 1 N–H and O–H groups in total. The van der Waals surface area contributed by atoms with Crippen LogP contribution in [0, 0.1) is 6.92 Å². The highest BCUT2D eigenvalue weighted by atomic mass is 32.1. The molecule has 1 atom stereocenters. The van der Waals surface area contributed by atoms with Crippen LogP contribution in [0.3, 0.4) is 0 Å². The van der Waals surface area contributed by atoms with Crippen LogP contribution in [0.15, 0.2) is 48.5 Å². The lowest BCUT2D eigenvalue weighted by atomic mass is 10.1. The lowest BCUT2D eigenvalue weighted by molar-refractivity contribution is 0.213. The van der Waals surface area contributed by atoms with E-state index in [0.717, 1.165) is 43.9 Å². The zero-order chi connectivity index (χ0) is 17.2. The van der Waals surface area contributed by atoms with Gasteiger partial charge in [-0.15, -0.1) is 11.3 Å². The summed E-state index contributed by atoms with van der Waals surface area (Å²) in [5, 5.41) is 15.3. The van der Waals surface area contributed by atoms with Gasteiger partial charge in [-0.25, -0.2) is 0 Å². The van der Waals surface area contributed by atoms with E-state index in [0.29, 0.717) is 0 Å². The van der Waals surface area contributed by atoms with E-state index in [4.69, 9.17) is 0 Å². The molecule has 0 saturated heterocycles. The first-order chi connectivity index (χ1) is 12.2. The SMILES string of the molecule is Cc1ccc(CN2CCCn3nc(C(O)c4ccccc4)cc3C2)s1. The van der Waals surface area contributed by atoms with Crippen LogP contribution in [-0.2, 0) is 19.6 Å². The Morgan fingerprint density at radius 2 is 2.00 bits per heavy atom. The Labute approximate surface area is 152 Å². The summed E-state index contributed by atoms with van der Waals surface area (Å²) in [6, 6.07) is 16.2. The lowest BCUT2D eigenvalue weighted by Crippen LogP contribution is -2.22. The third-order valence-electron chi connectivity index (χ3n) is 4.68. The van der Waals surface area contributed by atoms with Gasteiger partial charge in [0.25, 0.3) is 0 Å². The van der Waals surface area contributed by atoms with E-state index in [1.165, 1.54) is 15.4 Å². The van der Waals surface area contributed by atoms with Gasteiger partial charge in [0.1, 0.15) is 6.10 Å². The summed E-state index contributed by atoms with van der Waals surface area (Å²) in [6.45, 7) is 6.02. The summed E-state index contributed by atoms with van der Waals surface area (Å²) in [4.78, 5) is 5.25. The fraction of sp³-hybridized carbons (Fsp3) is 0.350. The van der Waals surface area contributed by atoms with Crippen LogP contribution in [-0.4, -0.2) is 26.3 Å². The lowest BCUT2D eigenvalue weighted by Gasteiger charge is -2.18. The molecule has 5 heteroatoms. The van der Waals surface area contributed by atoms with Gasteiger partial charge in [-0.3, -0.25) is 9.58 Å². The predicted molar refractivity (Wildman–Crippen MR) is 101 cm³/mol. The molecule has 25 heavy (non-hydrogen) atoms. The monoisotopic (exact) mass is 353 g/mol. The predicted octanol–water partition coefficient (Wildman–Crippen LogP) is 3.74. The molecule has 4 nitrogen and oxygen atoms in total. The molecule has 0 fully saturated rings. The van der Waals surface area contributed by atoms with Gasteiger partial charge in [-0.1, -0.05) is 30.3 Å². The van der Waals surface area contributed by atoms with Crippen LogP contribution >= 0.6 is 11.3 Å². The number of fused-ring (bicyclic) bond motifs is 1. The Balaban J connectivity index is 1.52. The molecule has 0 aliphatic carbocycles. The minimum Gasteiger partial charge on any atom is -0.382 e. The Morgan fingerprint density at radius 3 is 2.76 bits per heavy atom. The molecule has 2 aromatic heterocycles. The number of hydrogen-bond acceptors (Lipinski definition) is 4. The molecule has 0 bridgehead atoms. The average Bonchev–Trinajstić information content (AvgIpc) is 3.16. The second-order valence-electron chi connectivity index (χ2n) is 6.67. The Kier molecular flexibility index (Phi) is 4.70. The van der Waals surface area contributed by atoms with Crippen LogP contribution < -0.4 is 0 Å². The average molecular weight is 353 g/mol. The van der Waals surface area contributed by atoms with Gasteiger partial charge in [-0.05, 0) is 37.1 Å². The maximum absolute atomic E-state index is 10.6. The third-order valence-corrected chi connectivity index (χ3v) is 5.67. The second kappa shape index (κ2) is 7.12. The Bertz CT molecular complexity index is 840. The maximum Gasteiger partial charge on any atom is 0.123 e. The molecular weight excluding hydrogens is 330 g/mol. The molecule has 4 rings (SSSR count). The van der Waals surface area contributed by atoms with Crippen molar-refractivity contribution < 1.29 is 5.11 Å². The summed E-state index contributed by atoms with van der Waals surface area (Å²) >= 11 is 1.87. The van der Waals surface area contributed by atoms with Crippen molar-refractivity contribution in [2.24, 2.45) is 0 Å². The van der Waals surface area contributed by atoms with Crippen molar-refractivity contribution in [2.75, 3.05) is 6.54 Å². The maximum atomic E-state index is 10.6. The number of rotatable bonds is 4. The molecule has 0 radical (unpaired) electrons. The van der Waals surface area contributed by atoms with Gasteiger partial charge in [0.2, 0.25) is 0 Å². The quantitative estimate of drug-likeness (QED) is 0.777. The van der Waals surface area contributed by atoms with Gasteiger partial charge in [-0.2, -0.15) is 5.10 Å². The highest BCUT2D eigenvalue weighted by Crippen LogP contribution is 2.25. The first-order valence-corrected chi connectivity index (χ1v) is 9.58. The number of aliphatic hydroxyl groups excluding tert-OH is 1. The van der Waals surface area contributed by atoms with Crippen molar-refractivity contribution in [3.8, 4) is 0 Å². The van der Waals surface area contributed by atoms with E-state index in [1.807, 2.05) is 41.7 Å². The van der Waals surface area contributed by atoms with Gasteiger partial charge in [0.05, 0.1) is 11.4 Å². The number of aryl methyl sites for hydroxylation is 2. The van der Waals surface area contributed by atoms with Crippen LogP contribution in [0.2, 0.25) is 0 Å². The van der Waals surface area contributed by atoms with Crippen LogP contribution in [0.4, 0.5) is 0 Å². The zero-order valence-electron chi connectivity index (χ0n) is 14.4. The number of hydrogen-bond donors (Lipinski definition) is 1. The molecule has 0 saturated carbocycles. The number of aliphatic hydroxyl groups is 1. The largest absolute Gasteiger partial charge is 0.382 e. The van der Waals surface area contributed by atoms with E-state index in [-0.39, 0.29) is 0 Å². The Hall–Kier alpha value is -1.95. The number of thiophene rings is 1. The van der Waals surface area contributed by atoms with Crippen molar-refractivity contribution in [2.45, 2.75) is 39.1 Å². The van der Waals surface area contributed by atoms with E-state index in [1.54, 1.807) is 0 Å². The van der Waals surface area contributed by atoms with E-state index in [2.05, 4.69) is 39.8 Å². The first-order valence-electron chi connectivity index (χ1n) is 8.76. The fourth-order valence-electron chi connectivity index (χ4n) is 3.42. The molecule has 130 valence electrons. The number of benzene rings is 1. The molecule has 0 amide bonds. The molecule has 3 heterocycles. The molecule has 0 spiro atoms. The molecule has 1 aromatic carbocycles. The van der Waals surface area contributed by atoms with Crippen LogP contribution in [0.5, 0.6) is 0 Å². The molecule has 1 unspecified atom stereocenters. The normalized spacial score (nSPS) is 16.4. The molecular formula is C20H23N3OS. The van der Waals surface area contributed by atoms with Crippen molar-refractivity contribution in [3.63, 3.8) is 0 Å². The summed E-state index contributed by atoms with van der Waals surface area (Å²) in [5.41, 5.74) is 2.83. The number of nitrogens with zero attached hydrogens (tertiary/aromatic N) is 3. The van der Waals surface area contributed by atoms with Gasteiger partial charge >= 0.3 is 0 Å².